The Hall–Kier alpha value is -2.96. The fourth-order valence-electron chi connectivity index (χ4n) is 2.24. The molecule has 9 heteroatoms. The highest BCUT2D eigenvalue weighted by molar-refractivity contribution is 5.70. The van der Waals surface area contributed by atoms with Gasteiger partial charge in [-0.15, -0.1) is 0 Å². The first-order valence-electron chi connectivity index (χ1n) is 7.20. The van der Waals surface area contributed by atoms with E-state index in [2.05, 4.69) is 10.4 Å². The molecule has 24 heavy (non-hydrogen) atoms. The highest BCUT2D eigenvalue weighted by atomic mass is 16.6. The molecule has 0 saturated carbocycles. The molecule has 0 amide bonds. The Labute approximate surface area is 138 Å². The van der Waals surface area contributed by atoms with Crippen LogP contribution in [-0.4, -0.2) is 51.5 Å². The first-order chi connectivity index (χ1) is 11.4. The number of hydrogen-bond donors (Lipinski definition) is 2. The predicted octanol–water partition coefficient (Wildman–Crippen LogP) is 1.33. The van der Waals surface area contributed by atoms with E-state index < -0.39 is 11.0 Å². The van der Waals surface area contributed by atoms with Gasteiger partial charge < -0.3 is 15.3 Å². The Morgan fingerprint density at radius 2 is 2.29 bits per heavy atom. The van der Waals surface area contributed by atoms with Crippen LogP contribution in [0, 0.1) is 21.4 Å². The molecule has 9 nitrogen and oxygen atoms in total. The van der Waals surface area contributed by atoms with E-state index >= 15 is 0 Å². The minimum atomic E-state index is -0.572. The predicted molar refractivity (Wildman–Crippen MR) is 87.9 cm³/mol. The second kappa shape index (κ2) is 7.54. The molecular weight excluding hydrogens is 312 g/mol. The SMILES string of the molecule is CN(C)C[C@@H](O)Cn1cc(Nc2ccc(C#N)cc2[N+](=O)[O-])cn1. The number of nitro benzene ring substituents is 1. The summed E-state index contributed by atoms with van der Waals surface area (Å²) in [6.07, 6.45) is 2.60. The number of aliphatic hydroxyl groups is 1. The molecule has 0 unspecified atom stereocenters. The zero-order valence-electron chi connectivity index (χ0n) is 13.4. The molecule has 0 fully saturated rings. The highest BCUT2D eigenvalue weighted by Crippen LogP contribution is 2.28. The molecule has 2 rings (SSSR count). The Morgan fingerprint density at radius 3 is 2.92 bits per heavy atom. The molecule has 0 aliphatic carbocycles. The summed E-state index contributed by atoms with van der Waals surface area (Å²) in [6.45, 7) is 0.818. The van der Waals surface area contributed by atoms with Crippen molar-refractivity contribution in [3.8, 4) is 6.07 Å². The second-order valence-corrected chi connectivity index (χ2v) is 5.59. The average Bonchev–Trinajstić information content (AvgIpc) is 2.93. The zero-order chi connectivity index (χ0) is 17.7. The molecule has 0 aliphatic rings. The molecule has 1 aromatic carbocycles. The summed E-state index contributed by atoms with van der Waals surface area (Å²) in [6, 6.07) is 6.07. The van der Waals surface area contributed by atoms with E-state index in [1.54, 1.807) is 10.9 Å². The van der Waals surface area contributed by atoms with Crippen LogP contribution in [0.25, 0.3) is 0 Å². The van der Waals surface area contributed by atoms with Crippen molar-refractivity contribution in [2.45, 2.75) is 12.6 Å². The number of aromatic nitrogens is 2. The van der Waals surface area contributed by atoms with Gasteiger partial charge >= 0.3 is 0 Å². The molecule has 0 bridgehead atoms. The monoisotopic (exact) mass is 330 g/mol. The van der Waals surface area contributed by atoms with E-state index in [-0.39, 0.29) is 16.9 Å². The maximum absolute atomic E-state index is 11.1. The Balaban J connectivity index is 2.12. The van der Waals surface area contributed by atoms with Crippen molar-refractivity contribution in [3.05, 3.63) is 46.3 Å². The van der Waals surface area contributed by atoms with E-state index in [9.17, 15) is 15.2 Å². The molecule has 1 heterocycles. The topological polar surface area (TPSA) is 120 Å². The molecule has 0 spiro atoms. The third-order valence-corrected chi connectivity index (χ3v) is 3.21. The number of benzene rings is 1. The first kappa shape index (κ1) is 17.4. The van der Waals surface area contributed by atoms with Crippen molar-refractivity contribution in [3.63, 3.8) is 0 Å². The molecule has 126 valence electrons. The molecule has 1 atom stereocenters. The zero-order valence-corrected chi connectivity index (χ0v) is 13.4. The van der Waals surface area contributed by atoms with Crippen LogP contribution in [0.4, 0.5) is 17.1 Å². The van der Waals surface area contributed by atoms with Gasteiger partial charge in [0.1, 0.15) is 5.69 Å². The number of nitriles is 1. The third kappa shape index (κ3) is 4.52. The molecular formula is C15H18N6O3. The van der Waals surface area contributed by atoms with Gasteiger partial charge in [-0.2, -0.15) is 10.4 Å². The van der Waals surface area contributed by atoms with Gasteiger partial charge in [0.05, 0.1) is 41.1 Å². The van der Waals surface area contributed by atoms with Crippen LogP contribution in [0.3, 0.4) is 0 Å². The largest absolute Gasteiger partial charge is 0.390 e. The minimum Gasteiger partial charge on any atom is -0.390 e. The van der Waals surface area contributed by atoms with E-state index in [0.29, 0.717) is 18.8 Å². The Kier molecular flexibility index (Phi) is 5.47. The van der Waals surface area contributed by atoms with Gasteiger partial charge in [0.15, 0.2) is 0 Å². The van der Waals surface area contributed by atoms with Crippen molar-refractivity contribution in [2.75, 3.05) is 26.0 Å². The van der Waals surface area contributed by atoms with E-state index in [1.165, 1.54) is 24.4 Å². The standard InChI is InChI=1S/C15H18N6O3/c1-19(2)9-13(22)10-20-8-12(7-17-20)18-14-4-3-11(6-16)5-15(14)21(23)24/h3-5,7-8,13,18,22H,9-10H2,1-2H3/t13-/m1/s1. The minimum absolute atomic E-state index is 0.186. The molecule has 2 N–H and O–H groups in total. The van der Waals surface area contributed by atoms with Crippen molar-refractivity contribution < 1.29 is 10.0 Å². The molecule has 2 aromatic rings. The van der Waals surface area contributed by atoms with Crippen molar-refractivity contribution in [1.29, 1.82) is 5.26 Å². The summed E-state index contributed by atoms with van der Waals surface area (Å²) >= 11 is 0. The first-order valence-corrected chi connectivity index (χ1v) is 7.20. The van der Waals surface area contributed by atoms with E-state index in [4.69, 9.17) is 5.26 Å². The average molecular weight is 330 g/mol. The van der Waals surface area contributed by atoms with Gasteiger partial charge in [0, 0.05) is 18.8 Å². The number of likely N-dealkylation sites (N-methyl/N-ethyl adjacent to an activating group) is 1. The van der Waals surface area contributed by atoms with Crippen molar-refractivity contribution in [2.24, 2.45) is 0 Å². The van der Waals surface area contributed by atoms with Gasteiger partial charge in [-0.3, -0.25) is 14.8 Å². The van der Waals surface area contributed by atoms with Gasteiger partial charge in [0.25, 0.3) is 5.69 Å². The molecule has 0 aliphatic heterocycles. The van der Waals surface area contributed by atoms with Crippen LogP contribution >= 0.6 is 0 Å². The molecule has 1 aromatic heterocycles. The number of aliphatic hydroxyl groups excluding tert-OH is 1. The fourth-order valence-corrected chi connectivity index (χ4v) is 2.24. The van der Waals surface area contributed by atoms with Crippen molar-refractivity contribution in [1.82, 2.24) is 14.7 Å². The number of nitro groups is 1. The maximum atomic E-state index is 11.1. The van der Waals surface area contributed by atoms with Crippen LogP contribution in [0.2, 0.25) is 0 Å². The van der Waals surface area contributed by atoms with E-state index in [1.807, 2.05) is 25.1 Å². The lowest BCUT2D eigenvalue weighted by atomic mass is 10.2. The van der Waals surface area contributed by atoms with E-state index in [0.717, 1.165) is 0 Å². The lowest BCUT2D eigenvalue weighted by Gasteiger charge is -2.15. The summed E-state index contributed by atoms with van der Waals surface area (Å²) in [7, 11) is 3.73. The summed E-state index contributed by atoms with van der Waals surface area (Å²) in [5, 5.41) is 36.9. The Bertz CT molecular complexity index is 765. The number of hydrogen-bond acceptors (Lipinski definition) is 7. The van der Waals surface area contributed by atoms with Gasteiger partial charge in [0.2, 0.25) is 0 Å². The summed E-state index contributed by atoms with van der Waals surface area (Å²) in [4.78, 5) is 12.5. The fraction of sp³-hybridized carbons (Fsp3) is 0.333. The van der Waals surface area contributed by atoms with Crippen LogP contribution in [0.15, 0.2) is 30.6 Å². The number of rotatable bonds is 7. The van der Waals surface area contributed by atoms with Crippen LogP contribution in [0.1, 0.15) is 5.56 Å². The summed E-state index contributed by atoms with van der Waals surface area (Å²) < 4.78 is 1.56. The van der Waals surface area contributed by atoms with Crippen LogP contribution in [0.5, 0.6) is 0 Å². The highest BCUT2D eigenvalue weighted by Gasteiger charge is 2.16. The van der Waals surface area contributed by atoms with Crippen molar-refractivity contribution >= 4 is 17.1 Å². The number of nitrogens with one attached hydrogen (secondary N) is 1. The molecule has 0 saturated heterocycles. The maximum Gasteiger partial charge on any atom is 0.293 e. The van der Waals surface area contributed by atoms with Crippen LogP contribution < -0.4 is 5.32 Å². The number of anilines is 2. The van der Waals surface area contributed by atoms with Crippen LogP contribution in [-0.2, 0) is 6.54 Å². The summed E-state index contributed by atoms with van der Waals surface area (Å²) in [5.74, 6) is 0. The quantitative estimate of drug-likeness (QED) is 0.580. The van der Waals surface area contributed by atoms with Gasteiger partial charge in [-0.05, 0) is 26.2 Å². The molecule has 0 radical (unpaired) electrons. The third-order valence-electron chi connectivity index (χ3n) is 3.21. The summed E-state index contributed by atoms with van der Waals surface area (Å²) in [5.41, 5.74) is 0.858. The normalized spacial score (nSPS) is 12.0. The number of nitrogens with zero attached hydrogens (tertiary/aromatic N) is 5. The second-order valence-electron chi connectivity index (χ2n) is 5.59. The van der Waals surface area contributed by atoms with Gasteiger partial charge in [-0.25, -0.2) is 0 Å². The smallest absolute Gasteiger partial charge is 0.293 e. The lowest BCUT2D eigenvalue weighted by molar-refractivity contribution is -0.383. The Morgan fingerprint density at radius 1 is 1.54 bits per heavy atom. The lowest BCUT2D eigenvalue weighted by Crippen LogP contribution is -2.29. The van der Waals surface area contributed by atoms with Gasteiger partial charge in [-0.1, -0.05) is 0 Å².